The SMILES string of the molecule is CCN(Cc1cc(OC)c(OC)cc1C)C1CCNCC1. The van der Waals surface area contributed by atoms with Gasteiger partial charge in [0.15, 0.2) is 11.5 Å². The summed E-state index contributed by atoms with van der Waals surface area (Å²) < 4.78 is 10.8. The van der Waals surface area contributed by atoms with E-state index in [9.17, 15) is 0 Å². The second kappa shape index (κ2) is 7.66. The highest BCUT2D eigenvalue weighted by Crippen LogP contribution is 2.31. The molecular formula is C17H28N2O2. The van der Waals surface area contributed by atoms with Crippen LogP contribution in [0, 0.1) is 6.92 Å². The minimum atomic E-state index is 0.684. The lowest BCUT2D eigenvalue weighted by Gasteiger charge is -2.34. The van der Waals surface area contributed by atoms with E-state index >= 15 is 0 Å². The molecule has 1 fully saturated rings. The second-order valence-corrected chi connectivity index (χ2v) is 5.68. The van der Waals surface area contributed by atoms with E-state index in [0.29, 0.717) is 6.04 Å². The zero-order valence-electron chi connectivity index (χ0n) is 13.7. The molecule has 4 heteroatoms. The van der Waals surface area contributed by atoms with Crippen LogP contribution in [-0.2, 0) is 6.54 Å². The number of ether oxygens (including phenoxy) is 2. The Bertz CT molecular complexity index is 456. The average molecular weight is 292 g/mol. The van der Waals surface area contributed by atoms with Crippen LogP contribution in [0.4, 0.5) is 0 Å². The Morgan fingerprint density at radius 2 is 1.76 bits per heavy atom. The van der Waals surface area contributed by atoms with E-state index in [1.807, 2.05) is 0 Å². The molecule has 0 radical (unpaired) electrons. The molecule has 0 aromatic heterocycles. The quantitative estimate of drug-likeness (QED) is 0.874. The van der Waals surface area contributed by atoms with Crippen molar-refractivity contribution in [3.63, 3.8) is 0 Å². The Morgan fingerprint density at radius 1 is 1.14 bits per heavy atom. The summed E-state index contributed by atoms with van der Waals surface area (Å²) in [5.74, 6) is 1.63. The van der Waals surface area contributed by atoms with Crippen LogP contribution in [0.2, 0.25) is 0 Å². The lowest BCUT2D eigenvalue weighted by molar-refractivity contribution is 0.162. The van der Waals surface area contributed by atoms with Crippen LogP contribution in [0.5, 0.6) is 11.5 Å². The predicted octanol–water partition coefficient (Wildman–Crippen LogP) is 2.59. The summed E-state index contributed by atoms with van der Waals surface area (Å²) in [5, 5.41) is 3.44. The second-order valence-electron chi connectivity index (χ2n) is 5.68. The minimum Gasteiger partial charge on any atom is -0.493 e. The molecule has 4 nitrogen and oxygen atoms in total. The van der Waals surface area contributed by atoms with Crippen molar-refractivity contribution >= 4 is 0 Å². The van der Waals surface area contributed by atoms with Gasteiger partial charge in [0, 0.05) is 12.6 Å². The van der Waals surface area contributed by atoms with E-state index < -0.39 is 0 Å². The molecule has 1 N–H and O–H groups in total. The van der Waals surface area contributed by atoms with Crippen LogP contribution in [-0.4, -0.2) is 44.8 Å². The lowest BCUT2D eigenvalue weighted by Crippen LogP contribution is -2.42. The van der Waals surface area contributed by atoms with E-state index in [4.69, 9.17) is 9.47 Å². The van der Waals surface area contributed by atoms with Crippen molar-refractivity contribution in [2.75, 3.05) is 33.9 Å². The van der Waals surface area contributed by atoms with Crippen LogP contribution in [0.1, 0.15) is 30.9 Å². The number of methoxy groups -OCH3 is 2. The van der Waals surface area contributed by atoms with Gasteiger partial charge < -0.3 is 14.8 Å². The van der Waals surface area contributed by atoms with Gasteiger partial charge in [0.2, 0.25) is 0 Å². The normalized spacial score (nSPS) is 16.2. The average Bonchev–Trinajstić information content (AvgIpc) is 2.54. The van der Waals surface area contributed by atoms with E-state index in [1.165, 1.54) is 24.0 Å². The first kappa shape index (κ1) is 16.1. The molecule has 0 aliphatic carbocycles. The Morgan fingerprint density at radius 3 is 2.33 bits per heavy atom. The molecule has 1 aliphatic rings. The molecule has 1 aromatic rings. The molecule has 2 rings (SSSR count). The summed E-state index contributed by atoms with van der Waals surface area (Å²) in [5.41, 5.74) is 2.59. The van der Waals surface area contributed by atoms with Crippen molar-refractivity contribution in [3.05, 3.63) is 23.3 Å². The summed E-state index contributed by atoms with van der Waals surface area (Å²) in [7, 11) is 3.38. The van der Waals surface area contributed by atoms with Gasteiger partial charge in [0.1, 0.15) is 0 Å². The molecule has 1 saturated heterocycles. The van der Waals surface area contributed by atoms with Gasteiger partial charge in [-0.05, 0) is 62.7 Å². The van der Waals surface area contributed by atoms with Crippen LogP contribution < -0.4 is 14.8 Å². The number of piperidine rings is 1. The zero-order valence-corrected chi connectivity index (χ0v) is 13.7. The summed E-state index contributed by atoms with van der Waals surface area (Å²) in [6, 6.07) is 4.88. The largest absolute Gasteiger partial charge is 0.493 e. The fraction of sp³-hybridized carbons (Fsp3) is 0.647. The van der Waals surface area contributed by atoms with Gasteiger partial charge in [-0.25, -0.2) is 0 Å². The van der Waals surface area contributed by atoms with Crippen LogP contribution >= 0.6 is 0 Å². The minimum absolute atomic E-state index is 0.684. The third-order valence-corrected chi connectivity index (χ3v) is 4.45. The third kappa shape index (κ3) is 3.89. The first-order chi connectivity index (χ1) is 10.2. The number of nitrogens with one attached hydrogen (secondary N) is 1. The highest BCUT2D eigenvalue weighted by molar-refractivity contribution is 5.47. The smallest absolute Gasteiger partial charge is 0.161 e. The van der Waals surface area contributed by atoms with E-state index in [0.717, 1.165) is 37.7 Å². The molecule has 118 valence electrons. The first-order valence-electron chi connectivity index (χ1n) is 7.85. The molecule has 0 amide bonds. The van der Waals surface area contributed by atoms with Gasteiger partial charge in [0.05, 0.1) is 14.2 Å². The standard InChI is InChI=1S/C17H28N2O2/c1-5-19(15-6-8-18-9-7-15)12-14-11-17(21-4)16(20-3)10-13(14)2/h10-11,15,18H,5-9,12H2,1-4H3. The number of hydrogen-bond donors (Lipinski definition) is 1. The predicted molar refractivity (Wildman–Crippen MR) is 86.3 cm³/mol. The van der Waals surface area contributed by atoms with Crippen molar-refractivity contribution in [1.82, 2.24) is 10.2 Å². The van der Waals surface area contributed by atoms with Gasteiger partial charge in [-0.15, -0.1) is 0 Å². The monoisotopic (exact) mass is 292 g/mol. The Balaban J connectivity index is 2.16. The molecule has 0 unspecified atom stereocenters. The van der Waals surface area contributed by atoms with Crippen molar-refractivity contribution in [2.45, 2.75) is 39.3 Å². The summed E-state index contributed by atoms with van der Waals surface area (Å²) in [4.78, 5) is 2.58. The van der Waals surface area contributed by atoms with Gasteiger partial charge >= 0.3 is 0 Å². The number of benzene rings is 1. The number of nitrogens with zero attached hydrogens (tertiary/aromatic N) is 1. The molecule has 21 heavy (non-hydrogen) atoms. The van der Waals surface area contributed by atoms with Crippen LogP contribution in [0.25, 0.3) is 0 Å². The highest BCUT2D eigenvalue weighted by Gasteiger charge is 2.21. The van der Waals surface area contributed by atoms with E-state index in [1.54, 1.807) is 14.2 Å². The van der Waals surface area contributed by atoms with E-state index in [2.05, 4.69) is 36.2 Å². The maximum absolute atomic E-state index is 5.44. The topological polar surface area (TPSA) is 33.7 Å². The summed E-state index contributed by atoms with van der Waals surface area (Å²) in [6.45, 7) is 8.72. The van der Waals surface area contributed by atoms with Crippen LogP contribution in [0.15, 0.2) is 12.1 Å². The molecule has 0 spiro atoms. The highest BCUT2D eigenvalue weighted by atomic mass is 16.5. The Hall–Kier alpha value is -1.26. The van der Waals surface area contributed by atoms with Gasteiger partial charge in [-0.3, -0.25) is 4.90 Å². The lowest BCUT2D eigenvalue weighted by atomic mass is 10.0. The van der Waals surface area contributed by atoms with Crippen molar-refractivity contribution in [1.29, 1.82) is 0 Å². The zero-order chi connectivity index (χ0) is 15.2. The van der Waals surface area contributed by atoms with E-state index in [-0.39, 0.29) is 0 Å². The van der Waals surface area contributed by atoms with Crippen molar-refractivity contribution < 1.29 is 9.47 Å². The van der Waals surface area contributed by atoms with Crippen molar-refractivity contribution in [3.8, 4) is 11.5 Å². The van der Waals surface area contributed by atoms with Gasteiger partial charge in [-0.1, -0.05) is 6.92 Å². The Labute approximate surface area is 128 Å². The Kier molecular flexibility index (Phi) is 5.88. The maximum atomic E-state index is 5.44. The number of hydrogen-bond acceptors (Lipinski definition) is 4. The molecule has 1 aliphatic heterocycles. The number of rotatable bonds is 6. The first-order valence-corrected chi connectivity index (χ1v) is 7.85. The molecule has 0 atom stereocenters. The third-order valence-electron chi connectivity index (χ3n) is 4.45. The summed E-state index contributed by atoms with van der Waals surface area (Å²) in [6.07, 6.45) is 2.47. The fourth-order valence-electron chi connectivity index (χ4n) is 3.08. The number of aryl methyl sites for hydroxylation is 1. The maximum Gasteiger partial charge on any atom is 0.161 e. The van der Waals surface area contributed by atoms with Gasteiger partial charge in [-0.2, -0.15) is 0 Å². The molecule has 1 aromatic carbocycles. The van der Waals surface area contributed by atoms with Gasteiger partial charge in [0.25, 0.3) is 0 Å². The molecule has 1 heterocycles. The van der Waals surface area contributed by atoms with Crippen LogP contribution in [0.3, 0.4) is 0 Å². The molecule has 0 bridgehead atoms. The fourth-order valence-corrected chi connectivity index (χ4v) is 3.08. The van der Waals surface area contributed by atoms with Crippen molar-refractivity contribution in [2.24, 2.45) is 0 Å². The molecule has 0 saturated carbocycles. The molecular weight excluding hydrogens is 264 g/mol. The summed E-state index contributed by atoms with van der Waals surface area (Å²) >= 11 is 0.